The maximum absolute atomic E-state index is 11.6. The highest BCUT2D eigenvalue weighted by molar-refractivity contribution is 5.85. The second kappa shape index (κ2) is 10.2. The number of benzene rings is 1. The molecule has 0 saturated carbocycles. The molecule has 1 aliphatic heterocycles. The van der Waals surface area contributed by atoms with E-state index in [0.717, 1.165) is 37.1 Å². The third kappa shape index (κ3) is 6.59. The SMILES string of the molecule is CNCCCC(=O)NCc1ccc(CN2CCCC2=O)cc1.Cl. The van der Waals surface area contributed by atoms with Crippen LogP contribution in [0.15, 0.2) is 24.3 Å². The third-order valence-electron chi connectivity index (χ3n) is 3.89. The molecule has 1 heterocycles. The van der Waals surface area contributed by atoms with Crippen LogP contribution in [0.25, 0.3) is 0 Å². The fourth-order valence-corrected chi connectivity index (χ4v) is 2.57. The van der Waals surface area contributed by atoms with Gasteiger partial charge in [0.05, 0.1) is 0 Å². The molecule has 2 rings (SSSR count). The van der Waals surface area contributed by atoms with Gasteiger partial charge in [0.2, 0.25) is 11.8 Å². The topological polar surface area (TPSA) is 61.4 Å². The highest BCUT2D eigenvalue weighted by Gasteiger charge is 2.19. The van der Waals surface area contributed by atoms with E-state index in [0.29, 0.717) is 25.9 Å². The van der Waals surface area contributed by atoms with Crippen LogP contribution in [-0.4, -0.2) is 36.9 Å². The van der Waals surface area contributed by atoms with E-state index in [2.05, 4.69) is 10.6 Å². The van der Waals surface area contributed by atoms with E-state index in [9.17, 15) is 9.59 Å². The molecule has 1 saturated heterocycles. The van der Waals surface area contributed by atoms with Crippen molar-refractivity contribution in [3.8, 4) is 0 Å². The Balaban J connectivity index is 0.00000264. The second-order valence-electron chi connectivity index (χ2n) is 5.72. The summed E-state index contributed by atoms with van der Waals surface area (Å²) in [5, 5.41) is 5.95. The van der Waals surface area contributed by atoms with Crippen molar-refractivity contribution in [3.63, 3.8) is 0 Å². The third-order valence-corrected chi connectivity index (χ3v) is 3.89. The zero-order chi connectivity index (χ0) is 15.8. The van der Waals surface area contributed by atoms with E-state index in [1.165, 1.54) is 0 Å². The molecule has 0 aromatic heterocycles. The van der Waals surface area contributed by atoms with Gasteiger partial charge in [-0.1, -0.05) is 24.3 Å². The standard InChI is InChI=1S/C17H25N3O2.ClH/c1-18-10-2-4-16(21)19-12-14-6-8-15(9-7-14)13-20-11-3-5-17(20)22;/h6-9,18H,2-5,10-13H2,1H3,(H,19,21);1H. The maximum atomic E-state index is 11.6. The highest BCUT2D eigenvalue weighted by Crippen LogP contribution is 2.14. The average Bonchev–Trinajstić information content (AvgIpc) is 2.92. The highest BCUT2D eigenvalue weighted by atomic mass is 35.5. The lowest BCUT2D eigenvalue weighted by atomic mass is 10.1. The molecule has 5 nitrogen and oxygen atoms in total. The van der Waals surface area contributed by atoms with E-state index in [-0.39, 0.29) is 24.2 Å². The smallest absolute Gasteiger partial charge is 0.222 e. The summed E-state index contributed by atoms with van der Waals surface area (Å²) in [5.41, 5.74) is 2.22. The van der Waals surface area contributed by atoms with Gasteiger partial charge in [0.15, 0.2) is 0 Å². The van der Waals surface area contributed by atoms with Crippen LogP contribution in [0.3, 0.4) is 0 Å². The van der Waals surface area contributed by atoms with Crippen LogP contribution in [0.2, 0.25) is 0 Å². The minimum atomic E-state index is 0. The lowest BCUT2D eigenvalue weighted by Gasteiger charge is -2.15. The second-order valence-corrected chi connectivity index (χ2v) is 5.72. The molecule has 128 valence electrons. The van der Waals surface area contributed by atoms with Crippen molar-refractivity contribution < 1.29 is 9.59 Å². The number of rotatable bonds is 8. The predicted octanol–water partition coefficient (Wildman–Crippen LogP) is 1.85. The lowest BCUT2D eigenvalue weighted by molar-refractivity contribution is -0.128. The van der Waals surface area contributed by atoms with E-state index in [4.69, 9.17) is 0 Å². The van der Waals surface area contributed by atoms with E-state index < -0.39 is 0 Å². The van der Waals surface area contributed by atoms with Gasteiger partial charge in [0.25, 0.3) is 0 Å². The Hall–Kier alpha value is -1.59. The van der Waals surface area contributed by atoms with Crippen molar-refractivity contribution >= 4 is 24.2 Å². The average molecular weight is 340 g/mol. The van der Waals surface area contributed by atoms with Crippen LogP contribution in [0.1, 0.15) is 36.8 Å². The Morgan fingerprint density at radius 1 is 1.22 bits per heavy atom. The summed E-state index contributed by atoms with van der Waals surface area (Å²) in [7, 11) is 1.88. The van der Waals surface area contributed by atoms with Crippen LogP contribution >= 0.6 is 12.4 Å². The summed E-state index contributed by atoms with van der Waals surface area (Å²) in [6, 6.07) is 8.11. The quantitative estimate of drug-likeness (QED) is 0.710. The molecule has 0 spiro atoms. The molecular formula is C17H26ClN3O2. The number of nitrogens with one attached hydrogen (secondary N) is 2. The van der Waals surface area contributed by atoms with Crippen LogP contribution in [0.4, 0.5) is 0 Å². The van der Waals surface area contributed by atoms with Crippen LogP contribution in [-0.2, 0) is 22.7 Å². The summed E-state index contributed by atoms with van der Waals surface area (Å²) in [4.78, 5) is 25.1. The number of amides is 2. The fourth-order valence-electron chi connectivity index (χ4n) is 2.57. The fraction of sp³-hybridized carbons (Fsp3) is 0.529. The molecule has 0 atom stereocenters. The first-order valence-electron chi connectivity index (χ1n) is 7.96. The maximum Gasteiger partial charge on any atom is 0.222 e. The van der Waals surface area contributed by atoms with E-state index in [1.54, 1.807) is 0 Å². The molecule has 2 N–H and O–H groups in total. The minimum absolute atomic E-state index is 0. The van der Waals surface area contributed by atoms with Gasteiger partial charge < -0.3 is 15.5 Å². The Kier molecular flexibility index (Phi) is 8.66. The van der Waals surface area contributed by atoms with Gasteiger partial charge in [-0.25, -0.2) is 0 Å². The molecule has 0 unspecified atom stereocenters. The largest absolute Gasteiger partial charge is 0.352 e. The van der Waals surface area contributed by atoms with Gasteiger partial charge in [-0.2, -0.15) is 0 Å². The van der Waals surface area contributed by atoms with Gasteiger partial charge >= 0.3 is 0 Å². The molecule has 0 aliphatic carbocycles. The molecule has 6 heteroatoms. The monoisotopic (exact) mass is 339 g/mol. The van der Waals surface area contributed by atoms with Gasteiger partial charge in [-0.3, -0.25) is 9.59 Å². The normalized spacial score (nSPS) is 13.8. The summed E-state index contributed by atoms with van der Waals surface area (Å²) in [5.74, 6) is 0.333. The number of hydrogen-bond acceptors (Lipinski definition) is 3. The van der Waals surface area contributed by atoms with Crippen LogP contribution in [0.5, 0.6) is 0 Å². The Morgan fingerprint density at radius 2 is 1.91 bits per heavy atom. The molecule has 2 amide bonds. The van der Waals surface area contributed by atoms with Gasteiger partial charge in [-0.05, 0) is 37.6 Å². The van der Waals surface area contributed by atoms with Crippen molar-refractivity contribution in [2.24, 2.45) is 0 Å². The Labute approximate surface area is 144 Å². The zero-order valence-electron chi connectivity index (χ0n) is 13.6. The van der Waals surface area contributed by atoms with Crippen LogP contribution < -0.4 is 10.6 Å². The number of carbonyl (C=O) groups is 2. The zero-order valence-corrected chi connectivity index (χ0v) is 14.5. The minimum Gasteiger partial charge on any atom is -0.352 e. The molecule has 1 aromatic carbocycles. The number of carbonyl (C=O) groups excluding carboxylic acids is 2. The van der Waals surface area contributed by atoms with Crippen molar-refractivity contribution in [1.82, 2.24) is 15.5 Å². The summed E-state index contributed by atoms with van der Waals surface area (Å²) >= 11 is 0. The first kappa shape index (κ1) is 19.5. The number of hydrogen-bond donors (Lipinski definition) is 2. The number of likely N-dealkylation sites (tertiary alicyclic amines) is 1. The molecular weight excluding hydrogens is 314 g/mol. The lowest BCUT2D eigenvalue weighted by Crippen LogP contribution is -2.24. The molecule has 23 heavy (non-hydrogen) atoms. The molecule has 0 bridgehead atoms. The van der Waals surface area contributed by atoms with Crippen molar-refractivity contribution in [1.29, 1.82) is 0 Å². The summed E-state index contributed by atoms with van der Waals surface area (Å²) in [6.45, 7) is 2.97. The summed E-state index contributed by atoms with van der Waals surface area (Å²) < 4.78 is 0. The van der Waals surface area contributed by atoms with E-state index >= 15 is 0 Å². The molecule has 1 aromatic rings. The number of nitrogens with zero attached hydrogens (tertiary/aromatic N) is 1. The molecule has 0 radical (unpaired) electrons. The first-order valence-corrected chi connectivity index (χ1v) is 7.96. The molecule has 1 fully saturated rings. The Morgan fingerprint density at radius 3 is 2.52 bits per heavy atom. The predicted molar refractivity (Wildman–Crippen MR) is 93.3 cm³/mol. The molecule has 1 aliphatic rings. The van der Waals surface area contributed by atoms with Crippen LogP contribution in [0, 0.1) is 0 Å². The van der Waals surface area contributed by atoms with Gasteiger partial charge in [0, 0.05) is 32.5 Å². The Bertz CT molecular complexity index is 505. The summed E-state index contributed by atoms with van der Waals surface area (Å²) in [6.07, 6.45) is 3.05. The van der Waals surface area contributed by atoms with Crippen molar-refractivity contribution in [2.75, 3.05) is 20.1 Å². The van der Waals surface area contributed by atoms with E-state index in [1.807, 2.05) is 36.2 Å². The van der Waals surface area contributed by atoms with Crippen molar-refractivity contribution in [2.45, 2.75) is 38.8 Å². The van der Waals surface area contributed by atoms with Gasteiger partial charge in [-0.15, -0.1) is 12.4 Å². The first-order chi connectivity index (χ1) is 10.7. The number of halogens is 1. The van der Waals surface area contributed by atoms with Crippen molar-refractivity contribution in [3.05, 3.63) is 35.4 Å². The van der Waals surface area contributed by atoms with Gasteiger partial charge in [0.1, 0.15) is 0 Å².